The molecule has 0 radical (unpaired) electrons. The summed E-state index contributed by atoms with van der Waals surface area (Å²) in [6, 6.07) is 8.99. The molecule has 190 valence electrons. The van der Waals surface area contributed by atoms with E-state index in [1.807, 2.05) is 25.1 Å². The minimum atomic E-state index is -3.25. The Kier molecular flexibility index (Phi) is 6.69. The molecule has 3 nitrogen and oxygen atoms in total. The molecule has 0 aliphatic heterocycles. The van der Waals surface area contributed by atoms with Crippen LogP contribution >= 0.6 is 0 Å². The fourth-order valence-corrected chi connectivity index (χ4v) is 10.7. The summed E-state index contributed by atoms with van der Waals surface area (Å²) >= 11 is 0. The lowest BCUT2D eigenvalue weighted by atomic mass is 9.46. The van der Waals surface area contributed by atoms with Crippen molar-refractivity contribution >= 4 is 9.84 Å². The van der Waals surface area contributed by atoms with Gasteiger partial charge < -0.3 is 5.11 Å². The number of aliphatic hydroxyl groups is 1. The van der Waals surface area contributed by atoms with Crippen LogP contribution in [0, 0.1) is 40.4 Å². The number of benzene rings is 1. The van der Waals surface area contributed by atoms with Gasteiger partial charge in [0.05, 0.1) is 16.2 Å². The second-order valence-electron chi connectivity index (χ2n) is 12.7. The number of sulfone groups is 1. The lowest BCUT2D eigenvalue weighted by Crippen LogP contribution is -2.52. The normalized spacial score (nSPS) is 42.4. The van der Waals surface area contributed by atoms with Gasteiger partial charge in [0.1, 0.15) is 0 Å². The summed E-state index contributed by atoms with van der Waals surface area (Å²) in [6.45, 7) is 9.16. The minimum Gasteiger partial charge on any atom is -0.390 e. The van der Waals surface area contributed by atoms with Gasteiger partial charge in [-0.1, -0.05) is 58.0 Å². The first kappa shape index (κ1) is 25.9. The molecule has 3 saturated carbocycles. The van der Waals surface area contributed by atoms with Crippen molar-refractivity contribution in [2.75, 3.05) is 5.75 Å². The topological polar surface area (TPSA) is 54.4 Å². The quantitative estimate of drug-likeness (QED) is 0.463. The third-order valence-electron chi connectivity index (χ3n) is 10.7. The molecule has 4 aliphatic rings. The summed E-state index contributed by atoms with van der Waals surface area (Å²) in [7, 11) is -3.25. The van der Waals surface area contributed by atoms with Gasteiger partial charge in [0, 0.05) is 0 Å². The molecule has 0 heterocycles. The molecule has 5 rings (SSSR count). The second kappa shape index (κ2) is 8.76. The van der Waals surface area contributed by atoms with Crippen LogP contribution in [0.4, 0.5) is 0 Å². The zero-order chi connectivity index (χ0) is 23.6. The van der Waals surface area contributed by atoms with E-state index in [1.165, 1.54) is 24.8 Å². The van der Waals surface area contributed by atoms with E-state index in [9.17, 15) is 13.5 Å². The van der Waals surface area contributed by atoms with Crippen molar-refractivity contribution < 1.29 is 13.5 Å². The van der Waals surface area contributed by atoms with Crippen molar-refractivity contribution in [2.24, 2.45) is 40.4 Å². The standard InChI is InChI=1S/C29H42O3S.CH4/c1-20(19-33(31,32)22-8-6-5-7-9-22)24-12-13-25-23-11-10-21-18-27(2,30)16-17-28(21,3)26(23)14-15-29(24,25)4;/h5-10,20,23-26,30H,11-19H2,1-4H3;1H4/t20-,23+,24-,25+,26+,27+,28+,29-;/m1./s1. The molecule has 1 N–H and O–H groups in total. The van der Waals surface area contributed by atoms with E-state index >= 15 is 0 Å². The summed E-state index contributed by atoms with van der Waals surface area (Å²) in [6.07, 6.45) is 11.4. The van der Waals surface area contributed by atoms with Crippen LogP contribution in [-0.4, -0.2) is 24.9 Å². The van der Waals surface area contributed by atoms with E-state index in [2.05, 4.69) is 26.8 Å². The molecule has 34 heavy (non-hydrogen) atoms. The Hall–Kier alpha value is -1.13. The fraction of sp³-hybridized carbons (Fsp3) is 0.733. The number of fused-ring (bicyclic) bond motifs is 5. The summed E-state index contributed by atoms with van der Waals surface area (Å²) in [5, 5.41) is 10.7. The minimum absolute atomic E-state index is 0. The van der Waals surface area contributed by atoms with Crippen LogP contribution in [0.25, 0.3) is 0 Å². The van der Waals surface area contributed by atoms with Gasteiger partial charge in [0.2, 0.25) is 0 Å². The molecule has 0 spiro atoms. The van der Waals surface area contributed by atoms with E-state index in [-0.39, 0.29) is 29.9 Å². The van der Waals surface area contributed by atoms with Gasteiger partial charge in [-0.05, 0) is 111 Å². The van der Waals surface area contributed by atoms with Gasteiger partial charge in [-0.15, -0.1) is 0 Å². The molecule has 0 bridgehead atoms. The van der Waals surface area contributed by atoms with Crippen molar-refractivity contribution in [2.45, 2.75) is 97.0 Å². The Morgan fingerprint density at radius 2 is 1.71 bits per heavy atom. The van der Waals surface area contributed by atoms with Crippen LogP contribution in [0.3, 0.4) is 0 Å². The molecule has 8 atom stereocenters. The first-order valence-electron chi connectivity index (χ1n) is 13.2. The van der Waals surface area contributed by atoms with Crippen molar-refractivity contribution in [1.29, 1.82) is 0 Å². The average Bonchev–Trinajstić information content (AvgIpc) is 3.12. The predicted octanol–water partition coefficient (Wildman–Crippen LogP) is 7.06. The largest absolute Gasteiger partial charge is 0.390 e. The van der Waals surface area contributed by atoms with Crippen molar-refractivity contribution in [3.63, 3.8) is 0 Å². The molecule has 0 amide bonds. The first-order chi connectivity index (χ1) is 15.5. The smallest absolute Gasteiger partial charge is 0.178 e. The van der Waals surface area contributed by atoms with Crippen LogP contribution in [0.15, 0.2) is 46.9 Å². The van der Waals surface area contributed by atoms with E-state index < -0.39 is 15.4 Å². The van der Waals surface area contributed by atoms with E-state index in [0.717, 1.165) is 32.1 Å². The maximum Gasteiger partial charge on any atom is 0.178 e. The van der Waals surface area contributed by atoms with Crippen LogP contribution < -0.4 is 0 Å². The first-order valence-corrected chi connectivity index (χ1v) is 14.8. The van der Waals surface area contributed by atoms with Crippen LogP contribution in [-0.2, 0) is 9.84 Å². The summed E-state index contributed by atoms with van der Waals surface area (Å²) < 4.78 is 26.2. The Balaban J connectivity index is 0.00000274. The van der Waals surface area contributed by atoms with Crippen LogP contribution in [0.2, 0.25) is 0 Å². The molecular weight excluding hydrogens is 440 g/mol. The third kappa shape index (κ3) is 4.11. The lowest BCUT2D eigenvalue weighted by Gasteiger charge is -2.59. The molecule has 0 saturated heterocycles. The maximum absolute atomic E-state index is 13.1. The van der Waals surface area contributed by atoms with Gasteiger partial charge in [-0.25, -0.2) is 8.42 Å². The number of rotatable bonds is 4. The second-order valence-corrected chi connectivity index (χ2v) is 14.8. The fourth-order valence-electron chi connectivity index (χ4n) is 8.97. The van der Waals surface area contributed by atoms with Gasteiger partial charge in [-0.2, -0.15) is 0 Å². The van der Waals surface area contributed by atoms with Crippen molar-refractivity contribution in [3.05, 3.63) is 42.0 Å². The van der Waals surface area contributed by atoms with Crippen LogP contribution in [0.5, 0.6) is 0 Å². The third-order valence-corrected chi connectivity index (χ3v) is 12.7. The predicted molar refractivity (Wildman–Crippen MR) is 140 cm³/mol. The molecule has 4 heteroatoms. The summed E-state index contributed by atoms with van der Waals surface area (Å²) in [5.74, 6) is 3.04. The number of allylic oxidation sites excluding steroid dienone is 1. The molecule has 4 aliphatic carbocycles. The Morgan fingerprint density at radius 3 is 2.41 bits per heavy atom. The van der Waals surface area contributed by atoms with Gasteiger partial charge in [-0.3, -0.25) is 0 Å². The average molecular weight is 487 g/mol. The molecule has 1 aromatic rings. The molecule has 0 unspecified atom stereocenters. The monoisotopic (exact) mass is 486 g/mol. The van der Waals surface area contributed by atoms with Gasteiger partial charge >= 0.3 is 0 Å². The van der Waals surface area contributed by atoms with Gasteiger partial charge in [0.15, 0.2) is 9.84 Å². The SMILES string of the molecule is C.C[C@H](CS(=O)(=O)c1ccccc1)[C@H]1CC[C@H]2[C@@H]3CC=C4C[C@@](C)(O)CC[C@]4(C)[C@H]3CC[C@]12C. The van der Waals surface area contributed by atoms with E-state index in [0.29, 0.717) is 28.6 Å². The number of hydrogen-bond acceptors (Lipinski definition) is 3. The zero-order valence-electron chi connectivity index (χ0n) is 20.9. The lowest BCUT2D eigenvalue weighted by molar-refractivity contribution is -0.0692. The Bertz CT molecular complexity index is 1030. The highest BCUT2D eigenvalue weighted by atomic mass is 32.2. The van der Waals surface area contributed by atoms with E-state index in [4.69, 9.17) is 0 Å². The van der Waals surface area contributed by atoms with Crippen molar-refractivity contribution in [3.8, 4) is 0 Å². The summed E-state index contributed by atoms with van der Waals surface area (Å²) in [4.78, 5) is 0.464. The highest BCUT2D eigenvalue weighted by Crippen LogP contribution is 2.67. The highest BCUT2D eigenvalue weighted by Gasteiger charge is 2.59. The van der Waals surface area contributed by atoms with Gasteiger partial charge in [0.25, 0.3) is 0 Å². The zero-order valence-corrected chi connectivity index (χ0v) is 21.7. The number of hydrogen-bond donors (Lipinski definition) is 1. The highest BCUT2D eigenvalue weighted by molar-refractivity contribution is 7.91. The van der Waals surface area contributed by atoms with Crippen LogP contribution in [0.1, 0.15) is 86.5 Å². The van der Waals surface area contributed by atoms with Crippen molar-refractivity contribution in [1.82, 2.24) is 0 Å². The van der Waals surface area contributed by atoms with E-state index in [1.54, 1.807) is 12.1 Å². The molecular formula is C30H46O3S. The summed E-state index contributed by atoms with van der Waals surface area (Å²) in [5.41, 5.74) is 1.46. The molecule has 1 aromatic carbocycles. The Labute approximate surface area is 208 Å². The molecule has 0 aromatic heterocycles. The maximum atomic E-state index is 13.1. The molecule has 3 fully saturated rings. The Morgan fingerprint density at radius 1 is 1.00 bits per heavy atom.